The van der Waals surface area contributed by atoms with Crippen molar-refractivity contribution >= 4 is 22.7 Å². The van der Waals surface area contributed by atoms with E-state index in [1.165, 1.54) is 7.11 Å². The van der Waals surface area contributed by atoms with Crippen molar-refractivity contribution in [3.8, 4) is 12.3 Å². The van der Waals surface area contributed by atoms with Gasteiger partial charge in [0.05, 0.1) is 12.7 Å². The van der Waals surface area contributed by atoms with Crippen LogP contribution in [-0.4, -0.2) is 23.4 Å². The molecular formula is C17H17NO3. The van der Waals surface area contributed by atoms with Crippen LogP contribution in [0.1, 0.15) is 29.6 Å². The average molecular weight is 283 g/mol. The lowest BCUT2D eigenvalue weighted by atomic mass is 10.1. The topological polar surface area (TPSA) is 48.3 Å². The highest BCUT2D eigenvalue weighted by molar-refractivity contribution is 6.42. The molecule has 0 saturated carbocycles. The molecule has 4 heteroatoms. The van der Waals surface area contributed by atoms with E-state index in [9.17, 15) is 9.59 Å². The second-order valence-electron chi connectivity index (χ2n) is 4.74. The van der Waals surface area contributed by atoms with Crippen molar-refractivity contribution in [1.29, 1.82) is 0 Å². The number of unbranched alkanes of at least 4 members (excludes halogenated alkanes) is 2. The standard InChI is InChI=1S/C17H17NO3/c1-3-4-5-8-11-18-12-14(16(19)17(20)21-2)13-9-6-7-10-15(13)18/h1,6-7,9-10,12H,4-5,8,11H2,2H3. The van der Waals surface area contributed by atoms with Gasteiger partial charge in [0.25, 0.3) is 5.78 Å². The van der Waals surface area contributed by atoms with E-state index in [1.54, 1.807) is 6.20 Å². The molecule has 2 aromatic rings. The molecule has 0 bridgehead atoms. The Morgan fingerprint density at radius 1 is 1.29 bits per heavy atom. The van der Waals surface area contributed by atoms with E-state index in [0.29, 0.717) is 5.56 Å². The molecule has 108 valence electrons. The Morgan fingerprint density at radius 3 is 2.76 bits per heavy atom. The molecule has 0 aliphatic rings. The number of esters is 1. The van der Waals surface area contributed by atoms with Crippen LogP contribution in [0.4, 0.5) is 0 Å². The number of aryl methyl sites for hydroxylation is 1. The number of aromatic nitrogens is 1. The number of benzene rings is 1. The third kappa shape index (κ3) is 3.14. The maximum absolute atomic E-state index is 12.1. The number of para-hydroxylation sites is 1. The fraction of sp³-hybridized carbons (Fsp3) is 0.294. The van der Waals surface area contributed by atoms with Crippen LogP contribution in [0.3, 0.4) is 0 Å². The molecular weight excluding hydrogens is 266 g/mol. The smallest absolute Gasteiger partial charge is 0.379 e. The van der Waals surface area contributed by atoms with Crippen LogP contribution in [0.5, 0.6) is 0 Å². The number of ether oxygens (including phenoxy) is 1. The largest absolute Gasteiger partial charge is 0.463 e. The normalized spacial score (nSPS) is 10.3. The zero-order valence-electron chi connectivity index (χ0n) is 12.0. The van der Waals surface area contributed by atoms with Gasteiger partial charge in [-0.25, -0.2) is 4.79 Å². The lowest BCUT2D eigenvalue weighted by Gasteiger charge is -2.03. The van der Waals surface area contributed by atoms with Gasteiger partial charge in [-0.1, -0.05) is 18.2 Å². The number of rotatable bonds is 6. The van der Waals surface area contributed by atoms with E-state index in [2.05, 4.69) is 10.7 Å². The van der Waals surface area contributed by atoms with Gasteiger partial charge < -0.3 is 9.30 Å². The van der Waals surface area contributed by atoms with E-state index >= 15 is 0 Å². The molecule has 0 spiro atoms. The van der Waals surface area contributed by atoms with Gasteiger partial charge in [-0.3, -0.25) is 4.79 Å². The van der Waals surface area contributed by atoms with Crippen LogP contribution >= 0.6 is 0 Å². The number of hydrogen-bond donors (Lipinski definition) is 0. The summed E-state index contributed by atoms with van der Waals surface area (Å²) in [5, 5.41) is 0.768. The molecule has 0 saturated heterocycles. The second kappa shape index (κ2) is 6.76. The molecule has 4 nitrogen and oxygen atoms in total. The minimum Gasteiger partial charge on any atom is -0.463 e. The van der Waals surface area contributed by atoms with E-state index < -0.39 is 11.8 Å². The van der Waals surface area contributed by atoms with Crippen molar-refractivity contribution in [3.63, 3.8) is 0 Å². The number of terminal acetylenes is 1. The third-order valence-corrected chi connectivity index (χ3v) is 3.37. The molecule has 0 amide bonds. The number of nitrogens with zero attached hydrogens (tertiary/aromatic N) is 1. The van der Waals surface area contributed by atoms with Crippen LogP contribution < -0.4 is 0 Å². The zero-order chi connectivity index (χ0) is 15.2. The Bertz CT molecular complexity index is 706. The van der Waals surface area contributed by atoms with Gasteiger partial charge in [-0.15, -0.1) is 12.3 Å². The molecule has 0 radical (unpaired) electrons. The van der Waals surface area contributed by atoms with Gasteiger partial charge in [0.2, 0.25) is 0 Å². The van der Waals surface area contributed by atoms with E-state index in [0.717, 1.165) is 36.7 Å². The Hall–Kier alpha value is -2.54. The zero-order valence-corrected chi connectivity index (χ0v) is 12.0. The summed E-state index contributed by atoms with van der Waals surface area (Å²) in [6.45, 7) is 0.761. The number of Topliss-reactive ketones (excluding diaryl/α,β-unsaturated/α-hetero) is 1. The first-order valence-corrected chi connectivity index (χ1v) is 6.83. The van der Waals surface area contributed by atoms with Gasteiger partial charge >= 0.3 is 5.97 Å². The summed E-state index contributed by atoms with van der Waals surface area (Å²) < 4.78 is 6.51. The summed E-state index contributed by atoms with van der Waals surface area (Å²) in [7, 11) is 1.21. The molecule has 1 aromatic heterocycles. The predicted octanol–water partition coefficient (Wildman–Crippen LogP) is 2.80. The molecule has 0 N–H and O–H groups in total. The molecule has 0 atom stereocenters. The highest BCUT2D eigenvalue weighted by Gasteiger charge is 2.21. The van der Waals surface area contributed by atoms with Gasteiger partial charge in [0.15, 0.2) is 0 Å². The van der Waals surface area contributed by atoms with E-state index in [-0.39, 0.29) is 0 Å². The summed E-state index contributed by atoms with van der Waals surface area (Å²) in [6.07, 6.45) is 9.56. The number of ketones is 1. The Balaban J connectivity index is 2.33. The molecule has 0 aliphatic heterocycles. The number of hydrogen-bond acceptors (Lipinski definition) is 3. The minimum atomic E-state index is -0.842. The Labute approximate surface area is 123 Å². The maximum atomic E-state index is 12.1. The first-order chi connectivity index (χ1) is 10.2. The van der Waals surface area contributed by atoms with Crippen LogP contribution in [-0.2, 0) is 16.1 Å². The average Bonchev–Trinajstić information content (AvgIpc) is 2.89. The second-order valence-corrected chi connectivity index (χ2v) is 4.74. The fourth-order valence-corrected chi connectivity index (χ4v) is 2.32. The van der Waals surface area contributed by atoms with Gasteiger partial charge in [0, 0.05) is 30.1 Å². The van der Waals surface area contributed by atoms with Crippen molar-refractivity contribution < 1.29 is 14.3 Å². The molecule has 1 heterocycles. The molecule has 21 heavy (non-hydrogen) atoms. The summed E-state index contributed by atoms with van der Waals surface area (Å²) in [5.41, 5.74) is 1.32. The molecule has 2 rings (SSSR count). The predicted molar refractivity (Wildman–Crippen MR) is 81.0 cm³/mol. The van der Waals surface area contributed by atoms with Crippen molar-refractivity contribution in [1.82, 2.24) is 4.57 Å². The van der Waals surface area contributed by atoms with Crippen molar-refractivity contribution in [2.45, 2.75) is 25.8 Å². The van der Waals surface area contributed by atoms with E-state index in [4.69, 9.17) is 6.42 Å². The molecule has 1 aromatic carbocycles. The summed E-state index contributed by atoms with van der Waals surface area (Å²) in [6, 6.07) is 7.53. The maximum Gasteiger partial charge on any atom is 0.379 e. The SMILES string of the molecule is C#CCCCCn1cc(C(=O)C(=O)OC)c2ccccc21. The van der Waals surface area contributed by atoms with E-state index in [1.807, 2.05) is 28.8 Å². The van der Waals surface area contributed by atoms with Crippen LogP contribution in [0, 0.1) is 12.3 Å². The van der Waals surface area contributed by atoms with Crippen molar-refractivity contribution in [2.24, 2.45) is 0 Å². The van der Waals surface area contributed by atoms with Crippen molar-refractivity contribution in [2.75, 3.05) is 7.11 Å². The summed E-state index contributed by atoms with van der Waals surface area (Å²) in [4.78, 5) is 23.5. The first kappa shape index (κ1) is 14.9. The fourth-order valence-electron chi connectivity index (χ4n) is 2.32. The number of fused-ring (bicyclic) bond motifs is 1. The first-order valence-electron chi connectivity index (χ1n) is 6.83. The Kier molecular flexibility index (Phi) is 4.78. The Morgan fingerprint density at radius 2 is 2.05 bits per heavy atom. The van der Waals surface area contributed by atoms with Crippen LogP contribution in [0.25, 0.3) is 10.9 Å². The molecule has 0 unspecified atom stereocenters. The van der Waals surface area contributed by atoms with Gasteiger partial charge in [-0.2, -0.15) is 0 Å². The lowest BCUT2D eigenvalue weighted by molar-refractivity contribution is -0.135. The lowest BCUT2D eigenvalue weighted by Crippen LogP contribution is -2.15. The molecule has 0 fully saturated rings. The van der Waals surface area contributed by atoms with Crippen LogP contribution in [0.2, 0.25) is 0 Å². The minimum absolute atomic E-state index is 0.384. The monoisotopic (exact) mass is 283 g/mol. The molecule has 0 aliphatic carbocycles. The van der Waals surface area contributed by atoms with Gasteiger partial charge in [0.1, 0.15) is 0 Å². The summed E-state index contributed by atoms with van der Waals surface area (Å²) >= 11 is 0. The number of methoxy groups -OCH3 is 1. The highest BCUT2D eigenvalue weighted by Crippen LogP contribution is 2.22. The van der Waals surface area contributed by atoms with Crippen LogP contribution in [0.15, 0.2) is 30.5 Å². The quantitative estimate of drug-likeness (QED) is 0.269. The number of carbonyl (C=O) groups is 2. The van der Waals surface area contributed by atoms with Crippen molar-refractivity contribution in [3.05, 3.63) is 36.0 Å². The van der Waals surface area contributed by atoms with Gasteiger partial charge in [-0.05, 0) is 18.9 Å². The summed E-state index contributed by atoms with van der Waals surface area (Å²) in [5.74, 6) is 1.16. The third-order valence-electron chi connectivity index (χ3n) is 3.37. The number of carbonyl (C=O) groups excluding carboxylic acids is 2. The highest BCUT2D eigenvalue weighted by atomic mass is 16.5.